The maximum Gasteiger partial charge on any atom is 0.328 e. The average Bonchev–Trinajstić information content (AvgIpc) is 3.21. The molecule has 0 aromatic heterocycles. The van der Waals surface area contributed by atoms with Gasteiger partial charge in [0.2, 0.25) is 0 Å². The third-order valence-electron chi connectivity index (χ3n) is 4.22. The lowest BCUT2D eigenvalue weighted by atomic mass is 9.81. The van der Waals surface area contributed by atoms with Gasteiger partial charge in [0.1, 0.15) is 11.3 Å². The number of ether oxygens (including phenoxy) is 1. The molecule has 3 N–H and O–H groups in total. The first-order chi connectivity index (χ1) is 9.32. The Hall–Kier alpha value is -1.55. The SMILES string of the molecule is COc1cc(C)c(C(N)(C(=O)O)C2CC2)cc1C(C)C. The van der Waals surface area contributed by atoms with Crippen molar-refractivity contribution in [1.82, 2.24) is 0 Å². The molecule has 0 amide bonds. The van der Waals surface area contributed by atoms with Crippen LogP contribution < -0.4 is 10.5 Å². The fraction of sp³-hybridized carbons (Fsp3) is 0.562. The van der Waals surface area contributed by atoms with Crippen LogP contribution >= 0.6 is 0 Å². The maximum absolute atomic E-state index is 11.7. The molecule has 2 rings (SSSR count). The highest BCUT2D eigenvalue weighted by Gasteiger charge is 2.50. The van der Waals surface area contributed by atoms with Gasteiger partial charge >= 0.3 is 5.97 Å². The molecule has 1 fully saturated rings. The molecule has 1 aliphatic carbocycles. The van der Waals surface area contributed by atoms with E-state index in [0.29, 0.717) is 0 Å². The summed E-state index contributed by atoms with van der Waals surface area (Å²) in [4.78, 5) is 11.7. The Bertz CT molecular complexity index is 535. The van der Waals surface area contributed by atoms with Crippen molar-refractivity contribution in [3.8, 4) is 5.75 Å². The van der Waals surface area contributed by atoms with Crippen LogP contribution in [-0.2, 0) is 10.3 Å². The third-order valence-corrected chi connectivity index (χ3v) is 4.22. The summed E-state index contributed by atoms with van der Waals surface area (Å²) in [5.41, 5.74) is 7.61. The molecule has 4 nitrogen and oxygen atoms in total. The molecule has 1 atom stereocenters. The molecule has 1 aromatic rings. The van der Waals surface area contributed by atoms with E-state index in [-0.39, 0.29) is 11.8 Å². The number of nitrogens with two attached hydrogens (primary N) is 1. The van der Waals surface area contributed by atoms with Gasteiger partial charge < -0.3 is 15.6 Å². The summed E-state index contributed by atoms with van der Waals surface area (Å²) in [6.45, 7) is 6.02. The second kappa shape index (κ2) is 5.09. The van der Waals surface area contributed by atoms with E-state index in [1.807, 2.05) is 19.1 Å². The van der Waals surface area contributed by atoms with Crippen LogP contribution in [0, 0.1) is 12.8 Å². The summed E-state index contributed by atoms with van der Waals surface area (Å²) in [7, 11) is 1.63. The topological polar surface area (TPSA) is 72.5 Å². The summed E-state index contributed by atoms with van der Waals surface area (Å²) < 4.78 is 5.40. The Morgan fingerprint density at radius 2 is 2.05 bits per heavy atom. The van der Waals surface area contributed by atoms with E-state index in [4.69, 9.17) is 10.5 Å². The molecule has 1 saturated carbocycles. The molecule has 1 unspecified atom stereocenters. The molecule has 4 heteroatoms. The molecule has 0 spiro atoms. The van der Waals surface area contributed by atoms with E-state index in [9.17, 15) is 9.90 Å². The van der Waals surface area contributed by atoms with Crippen LogP contribution in [0.4, 0.5) is 0 Å². The van der Waals surface area contributed by atoms with Crippen LogP contribution in [0.1, 0.15) is 49.3 Å². The van der Waals surface area contributed by atoms with Crippen LogP contribution in [0.25, 0.3) is 0 Å². The number of hydrogen-bond acceptors (Lipinski definition) is 3. The Morgan fingerprint density at radius 3 is 2.45 bits per heavy atom. The molecular weight excluding hydrogens is 254 g/mol. The third kappa shape index (κ3) is 2.29. The van der Waals surface area contributed by atoms with Crippen LogP contribution in [0.15, 0.2) is 12.1 Å². The van der Waals surface area contributed by atoms with E-state index in [2.05, 4.69) is 13.8 Å². The summed E-state index contributed by atoms with van der Waals surface area (Å²) >= 11 is 0. The predicted molar refractivity (Wildman–Crippen MR) is 78.0 cm³/mol. The molecule has 1 aromatic carbocycles. The summed E-state index contributed by atoms with van der Waals surface area (Å²) in [5.74, 6) is 0.140. The number of aliphatic carboxylic acids is 1. The van der Waals surface area contributed by atoms with Crippen LogP contribution in [0.3, 0.4) is 0 Å². The quantitative estimate of drug-likeness (QED) is 0.868. The van der Waals surface area contributed by atoms with Crippen molar-refractivity contribution in [2.24, 2.45) is 11.7 Å². The molecule has 0 radical (unpaired) electrons. The number of benzene rings is 1. The van der Waals surface area contributed by atoms with E-state index >= 15 is 0 Å². The highest BCUT2D eigenvalue weighted by molar-refractivity contribution is 5.82. The van der Waals surface area contributed by atoms with Gasteiger partial charge in [0, 0.05) is 0 Å². The van der Waals surface area contributed by atoms with Gasteiger partial charge in [-0.3, -0.25) is 0 Å². The average molecular weight is 277 g/mol. The first kappa shape index (κ1) is 14.9. The second-order valence-electron chi connectivity index (χ2n) is 6.01. The van der Waals surface area contributed by atoms with Gasteiger partial charge in [0.15, 0.2) is 0 Å². The van der Waals surface area contributed by atoms with E-state index < -0.39 is 11.5 Å². The first-order valence-corrected chi connectivity index (χ1v) is 7.03. The zero-order valence-corrected chi connectivity index (χ0v) is 12.6. The number of carbonyl (C=O) groups is 1. The second-order valence-corrected chi connectivity index (χ2v) is 6.01. The Morgan fingerprint density at radius 1 is 1.45 bits per heavy atom. The van der Waals surface area contributed by atoms with Crippen molar-refractivity contribution >= 4 is 5.97 Å². The first-order valence-electron chi connectivity index (χ1n) is 7.03. The lowest BCUT2D eigenvalue weighted by Crippen LogP contribution is -2.47. The minimum Gasteiger partial charge on any atom is -0.496 e. The van der Waals surface area contributed by atoms with Crippen molar-refractivity contribution in [3.05, 3.63) is 28.8 Å². The van der Waals surface area contributed by atoms with Crippen molar-refractivity contribution < 1.29 is 14.6 Å². The molecule has 0 bridgehead atoms. The molecule has 0 saturated heterocycles. The minimum atomic E-state index is -1.28. The van der Waals surface area contributed by atoms with Crippen LogP contribution in [0.5, 0.6) is 5.75 Å². The van der Waals surface area contributed by atoms with Gasteiger partial charge in [-0.15, -0.1) is 0 Å². The molecule has 110 valence electrons. The number of hydrogen-bond donors (Lipinski definition) is 2. The van der Waals surface area contributed by atoms with Gasteiger partial charge in [0.05, 0.1) is 7.11 Å². The highest BCUT2D eigenvalue weighted by atomic mass is 16.5. The van der Waals surface area contributed by atoms with E-state index in [1.54, 1.807) is 7.11 Å². The minimum absolute atomic E-state index is 0.0344. The lowest BCUT2D eigenvalue weighted by molar-refractivity contribution is -0.144. The zero-order valence-electron chi connectivity index (χ0n) is 12.6. The van der Waals surface area contributed by atoms with Crippen molar-refractivity contribution in [2.45, 2.75) is 45.1 Å². The predicted octanol–water partition coefficient (Wildman–Crippen LogP) is 2.78. The largest absolute Gasteiger partial charge is 0.496 e. The lowest BCUT2D eigenvalue weighted by Gasteiger charge is -2.28. The fourth-order valence-corrected chi connectivity index (χ4v) is 2.82. The van der Waals surface area contributed by atoms with Gasteiger partial charge in [-0.05, 0) is 60.4 Å². The van der Waals surface area contributed by atoms with Crippen LogP contribution in [-0.4, -0.2) is 18.2 Å². The van der Waals surface area contributed by atoms with Gasteiger partial charge in [-0.1, -0.05) is 13.8 Å². The Labute approximate surface area is 119 Å². The smallest absolute Gasteiger partial charge is 0.328 e. The molecule has 0 aliphatic heterocycles. The van der Waals surface area contributed by atoms with Crippen LogP contribution in [0.2, 0.25) is 0 Å². The van der Waals surface area contributed by atoms with Gasteiger partial charge in [-0.25, -0.2) is 4.79 Å². The summed E-state index contributed by atoms with van der Waals surface area (Å²) in [5, 5.41) is 9.62. The van der Waals surface area contributed by atoms with E-state index in [1.165, 1.54) is 0 Å². The fourth-order valence-electron chi connectivity index (χ4n) is 2.82. The monoisotopic (exact) mass is 277 g/mol. The van der Waals surface area contributed by atoms with E-state index in [0.717, 1.165) is 35.3 Å². The Balaban J connectivity index is 2.61. The number of rotatable bonds is 5. The summed E-state index contributed by atoms with van der Waals surface area (Å²) in [6, 6.07) is 3.82. The van der Waals surface area contributed by atoms with Gasteiger partial charge in [-0.2, -0.15) is 0 Å². The number of aryl methyl sites for hydroxylation is 1. The highest BCUT2D eigenvalue weighted by Crippen LogP contribution is 2.46. The molecule has 1 aliphatic rings. The number of methoxy groups -OCH3 is 1. The molecule has 0 heterocycles. The Kier molecular flexibility index (Phi) is 3.78. The van der Waals surface area contributed by atoms with Crippen molar-refractivity contribution in [2.75, 3.05) is 7.11 Å². The summed E-state index contributed by atoms with van der Waals surface area (Å²) in [6.07, 6.45) is 1.76. The van der Waals surface area contributed by atoms with Crippen molar-refractivity contribution in [3.63, 3.8) is 0 Å². The standard InChI is InChI=1S/C16H23NO3/c1-9(2)12-8-13(10(3)7-14(12)20-4)16(17,15(18)19)11-5-6-11/h7-9,11H,5-6,17H2,1-4H3,(H,18,19). The maximum atomic E-state index is 11.7. The molecular formula is C16H23NO3. The zero-order chi connectivity index (χ0) is 15.1. The van der Waals surface area contributed by atoms with Gasteiger partial charge in [0.25, 0.3) is 0 Å². The normalized spacial score (nSPS) is 17.9. The molecule has 20 heavy (non-hydrogen) atoms. The van der Waals surface area contributed by atoms with Crippen molar-refractivity contribution in [1.29, 1.82) is 0 Å². The number of carboxylic acid groups (broad SMARTS) is 1. The number of carboxylic acids is 1.